The van der Waals surface area contributed by atoms with E-state index in [0.29, 0.717) is 16.7 Å². The summed E-state index contributed by atoms with van der Waals surface area (Å²) in [4.78, 5) is 32.3. The molecular weight excluding hydrogens is 384 g/mol. The van der Waals surface area contributed by atoms with E-state index in [1.54, 1.807) is 36.4 Å². The van der Waals surface area contributed by atoms with E-state index in [9.17, 15) is 9.59 Å². The topological polar surface area (TPSA) is 49.7 Å². The van der Waals surface area contributed by atoms with Gasteiger partial charge >= 0.3 is 0 Å². The van der Waals surface area contributed by atoms with Gasteiger partial charge in [0.25, 0.3) is 5.91 Å². The lowest BCUT2D eigenvalue weighted by Gasteiger charge is -2.36. The van der Waals surface area contributed by atoms with Crippen LogP contribution in [0.2, 0.25) is 0 Å². The van der Waals surface area contributed by atoms with E-state index in [-0.39, 0.29) is 17.7 Å². The lowest BCUT2D eigenvalue weighted by Crippen LogP contribution is -2.42. The summed E-state index contributed by atoms with van der Waals surface area (Å²) in [7, 11) is 0. The number of fused-ring (bicyclic) bond motifs is 2. The predicted molar refractivity (Wildman–Crippen MR) is 121 cm³/mol. The smallest absolute Gasteiger partial charge is 0.277 e. The van der Waals surface area contributed by atoms with Crippen LogP contribution in [0.4, 0.5) is 0 Å². The van der Waals surface area contributed by atoms with E-state index in [2.05, 4.69) is 22.0 Å². The molecule has 1 atom stereocenters. The first-order chi connectivity index (χ1) is 15.2. The second-order valence-electron chi connectivity index (χ2n) is 7.58. The number of carbonyl (C=O) groups is 2. The molecule has 0 aromatic heterocycles. The molecule has 2 aliphatic rings. The standard InChI is InChI=1S/C27H20N2O2/c30-26(19-8-2-1-3-9-19)20-13-15-21(16-14-20)27(31)28-25-23-11-5-4-10-22(23)18-29-17-7-6-12-24(25)29/h1-17,24H,18H2/t24-/m0/s1. The molecule has 0 radical (unpaired) electrons. The Morgan fingerprint density at radius 2 is 1.45 bits per heavy atom. The van der Waals surface area contributed by atoms with Gasteiger partial charge in [-0.15, -0.1) is 0 Å². The van der Waals surface area contributed by atoms with Crippen LogP contribution in [0.25, 0.3) is 0 Å². The van der Waals surface area contributed by atoms with Crippen LogP contribution in [0, 0.1) is 0 Å². The molecule has 0 aliphatic carbocycles. The summed E-state index contributed by atoms with van der Waals surface area (Å²) in [6, 6.07) is 23.8. The van der Waals surface area contributed by atoms with Crippen LogP contribution in [0.15, 0.2) is 108 Å². The first kappa shape index (κ1) is 18.9. The van der Waals surface area contributed by atoms with Gasteiger partial charge in [0.2, 0.25) is 0 Å². The molecule has 0 saturated carbocycles. The summed E-state index contributed by atoms with van der Waals surface area (Å²) in [5.74, 6) is -0.379. The summed E-state index contributed by atoms with van der Waals surface area (Å²) >= 11 is 0. The molecule has 0 bridgehead atoms. The normalized spacial score (nSPS) is 17.9. The van der Waals surface area contributed by atoms with Gasteiger partial charge in [0.1, 0.15) is 0 Å². The molecule has 2 aliphatic heterocycles. The highest BCUT2D eigenvalue weighted by molar-refractivity contribution is 6.15. The van der Waals surface area contributed by atoms with Gasteiger partial charge in [-0.25, -0.2) is 4.99 Å². The summed E-state index contributed by atoms with van der Waals surface area (Å²) in [6.45, 7) is 0.783. The average molecular weight is 404 g/mol. The monoisotopic (exact) mass is 404 g/mol. The zero-order valence-electron chi connectivity index (χ0n) is 16.8. The summed E-state index contributed by atoms with van der Waals surface area (Å²) < 4.78 is 0. The van der Waals surface area contributed by atoms with Crippen molar-refractivity contribution in [3.05, 3.63) is 131 Å². The van der Waals surface area contributed by atoms with E-state index in [0.717, 1.165) is 23.4 Å². The van der Waals surface area contributed by atoms with Crippen molar-refractivity contribution in [3.63, 3.8) is 0 Å². The highest BCUT2D eigenvalue weighted by atomic mass is 16.1. The third-order valence-electron chi connectivity index (χ3n) is 5.62. The lowest BCUT2D eigenvalue weighted by atomic mass is 9.90. The number of nitrogens with zero attached hydrogens (tertiary/aromatic N) is 2. The summed E-state index contributed by atoms with van der Waals surface area (Å²) in [5, 5.41) is 0. The van der Waals surface area contributed by atoms with Crippen LogP contribution in [-0.4, -0.2) is 28.3 Å². The van der Waals surface area contributed by atoms with Gasteiger partial charge in [-0.2, -0.15) is 0 Å². The molecule has 3 aromatic carbocycles. The molecule has 150 valence electrons. The van der Waals surface area contributed by atoms with Crippen LogP contribution in [-0.2, 0) is 6.54 Å². The van der Waals surface area contributed by atoms with Crippen LogP contribution >= 0.6 is 0 Å². The number of aliphatic imine (C=N–C) groups is 1. The fourth-order valence-corrected chi connectivity index (χ4v) is 4.02. The molecule has 4 heteroatoms. The van der Waals surface area contributed by atoms with Crippen LogP contribution in [0.3, 0.4) is 0 Å². The molecule has 5 rings (SSSR count). The van der Waals surface area contributed by atoms with Crippen LogP contribution in [0.5, 0.6) is 0 Å². The molecule has 2 heterocycles. The zero-order valence-corrected chi connectivity index (χ0v) is 16.8. The number of allylic oxidation sites excluding steroid dienone is 2. The van der Waals surface area contributed by atoms with Crippen molar-refractivity contribution < 1.29 is 9.59 Å². The molecule has 0 spiro atoms. The van der Waals surface area contributed by atoms with Gasteiger partial charge in [0.15, 0.2) is 5.78 Å². The van der Waals surface area contributed by atoms with Crippen molar-refractivity contribution in [1.82, 2.24) is 4.90 Å². The van der Waals surface area contributed by atoms with Crippen molar-refractivity contribution >= 4 is 17.4 Å². The maximum absolute atomic E-state index is 13.0. The molecule has 3 aromatic rings. The van der Waals surface area contributed by atoms with Crippen molar-refractivity contribution in [2.45, 2.75) is 12.6 Å². The third-order valence-corrected chi connectivity index (χ3v) is 5.62. The quantitative estimate of drug-likeness (QED) is 0.589. The van der Waals surface area contributed by atoms with Gasteiger partial charge in [0.05, 0.1) is 11.8 Å². The van der Waals surface area contributed by atoms with Gasteiger partial charge in [-0.05, 0) is 23.8 Å². The Labute approximate surface area is 180 Å². The Hall–Kier alpha value is -4.05. The maximum Gasteiger partial charge on any atom is 0.277 e. The fourth-order valence-electron chi connectivity index (χ4n) is 4.02. The third kappa shape index (κ3) is 3.64. The minimum absolute atomic E-state index is 0.0669. The Balaban J connectivity index is 1.45. The fraction of sp³-hybridized carbons (Fsp3) is 0.0741. The highest BCUT2D eigenvalue weighted by Crippen LogP contribution is 2.27. The number of amides is 1. The van der Waals surface area contributed by atoms with Gasteiger partial charge in [0, 0.05) is 35.0 Å². The largest absolute Gasteiger partial charge is 0.361 e. The molecule has 31 heavy (non-hydrogen) atoms. The molecule has 4 nitrogen and oxygen atoms in total. The predicted octanol–water partition coefficient (Wildman–Crippen LogP) is 4.81. The van der Waals surface area contributed by atoms with E-state index in [1.165, 1.54) is 0 Å². The van der Waals surface area contributed by atoms with Gasteiger partial charge in [-0.1, -0.05) is 78.9 Å². The number of ketones is 1. The molecular formula is C27H20N2O2. The van der Waals surface area contributed by atoms with Gasteiger partial charge < -0.3 is 4.90 Å². The second kappa shape index (κ2) is 8.00. The van der Waals surface area contributed by atoms with E-state index in [4.69, 9.17) is 0 Å². The SMILES string of the molecule is O=C(N=C1c2ccccc2CN2C=CC=C[C@@H]12)c1ccc(C(=O)c2ccccc2)cc1. The summed E-state index contributed by atoms with van der Waals surface area (Å²) in [6.07, 6.45) is 8.07. The molecule has 0 N–H and O–H groups in total. The minimum atomic E-state index is -0.312. The van der Waals surface area contributed by atoms with Crippen molar-refractivity contribution in [3.8, 4) is 0 Å². The van der Waals surface area contributed by atoms with Crippen LogP contribution in [0.1, 0.15) is 37.4 Å². The lowest BCUT2D eigenvalue weighted by molar-refractivity contribution is 0.0998. The number of carbonyl (C=O) groups excluding carboxylic acids is 2. The first-order valence-electron chi connectivity index (χ1n) is 10.2. The number of benzene rings is 3. The summed E-state index contributed by atoms with van der Waals surface area (Å²) in [5.41, 5.74) is 4.53. The van der Waals surface area contributed by atoms with Crippen molar-refractivity contribution in [2.24, 2.45) is 4.99 Å². The zero-order chi connectivity index (χ0) is 21.2. The first-order valence-corrected chi connectivity index (χ1v) is 10.2. The molecule has 0 fully saturated rings. The maximum atomic E-state index is 13.0. The molecule has 0 saturated heterocycles. The highest BCUT2D eigenvalue weighted by Gasteiger charge is 2.30. The van der Waals surface area contributed by atoms with Crippen molar-refractivity contribution in [1.29, 1.82) is 0 Å². The van der Waals surface area contributed by atoms with E-state index in [1.807, 2.05) is 54.8 Å². The van der Waals surface area contributed by atoms with Gasteiger partial charge in [-0.3, -0.25) is 9.59 Å². The Bertz CT molecular complexity index is 1240. The van der Waals surface area contributed by atoms with E-state index >= 15 is 0 Å². The number of hydrogen-bond acceptors (Lipinski definition) is 3. The Morgan fingerprint density at radius 1 is 0.774 bits per heavy atom. The Kier molecular flexibility index (Phi) is 4.89. The van der Waals surface area contributed by atoms with Crippen molar-refractivity contribution in [2.75, 3.05) is 0 Å². The molecule has 0 unspecified atom stereocenters. The Morgan fingerprint density at radius 3 is 2.26 bits per heavy atom. The van der Waals surface area contributed by atoms with E-state index < -0.39 is 0 Å². The second-order valence-corrected chi connectivity index (χ2v) is 7.58. The number of rotatable bonds is 3. The minimum Gasteiger partial charge on any atom is -0.361 e. The average Bonchev–Trinajstić information content (AvgIpc) is 2.84. The number of hydrogen-bond donors (Lipinski definition) is 0. The van der Waals surface area contributed by atoms with Crippen LogP contribution < -0.4 is 0 Å². The molecule has 1 amide bonds.